The number of carboxylic acid groups (broad SMARTS) is 1. The number of thiazole rings is 1. The molecule has 0 fully saturated rings. The first-order valence-electron chi connectivity index (χ1n) is 5.40. The second-order valence-corrected chi connectivity index (χ2v) is 7.05. The first-order valence-corrected chi connectivity index (χ1v) is 7.87. The number of hydrogen-bond donors (Lipinski definition) is 1. The SMILES string of the molecule is O=C(O)Cc1cnc(CS(=O)(=O)c2ccccc2)s1. The maximum atomic E-state index is 12.1. The molecule has 0 unspecified atom stereocenters. The number of aliphatic carboxylic acids is 1. The van der Waals surface area contributed by atoms with Gasteiger partial charge in [-0.25, -0.2) is 13.4 Å². The number of carbonyl (C=O) groups is 1. The second-order valence-electron chi connectivity index (χ2n) is 3.86. The van der Waals surface area contributed by atoms with E-state index in [1.54, 1.807) is 18.2 Å². The zero-order valence-corrected chi connectivity index (χ0v) is 11.4. The highest BCUT2D eigenvalue weighted by atomic mass is 32.2. The predicted molar refractivity (Wildman–Crippen MR) is 70.8 cm³/mol. The van der Waals surface area contributed by atoms with Gasteiger partial charge in [-0.1, -0.05) is 18.2 Å². The maximum absolute atomic E-state index is 12.1. The smallest absolute Gasteiger partial charge is 0.308 e. The van der Waals surface area contributed by atoms with Crippen LogP contribution in [0.5, 0.6) is 0 Å². The molecule has 0 amide bonds. The largest absolute Gasteiger partial charge is 0.481 e. The van der Waals surface area contributed by atoms with Crippen LogP contribution in [0.4, 0.5) is 0 Å². The highest BCUT2D eigenvalue weighted by Gasteiger charge is 2.17. The summed E-state index contributed by atoms with van der Waals surface area (Å²) in [7, 11) is -3.43. The highest BCUT2D eigenvalue weighted by molar-refractivity contribution is 7.90. The molecule has 2 rings (SSSR count). The molecule has 0 aliphatic carbocycles. The molecule has 1 aromatic heterocycles. The topological polar surface area (TPSA) is 84.3 Å². The quantitative estimate of drug-likeness (QED) is 0.908. The number of carboxylic acids is 1. The third kappa shape index (κ3) is 3.62. The molecule has 0 bridgehead atoms. The van der Waals surface area contributed by atoms with Gasteiger partial charge < -0.3 is 5.11 Å². The summed E-state index contributed by atoms with van der Waals surface area (Å²) in [5.41, 5.74) is 0. The molecule has 0 aliphatic rings. The van der Waals surface area contributed by atoms with Crippen molar-refractivity contribution < 1.29 is 18.3 Å². The van der Waals surface area contributed by atoms with E-state index in [0.717, 1.165) is 11.3 Å². The maximum Gasteiger partial charge on any atom is 0.308 e. The molecular weight excluding hydrogens is 286 g/mol. The van der Waals surface area contributed by atoms with E-state index in [1.165, 1.54) is 18.3 Å². The van der Waals surface area contributed by atoms with E-state index < -0.39 is 15.8 Å². The van der Waals surface area contributed by atoms with Crippen LogP contribution in [0.15, 0.2) is 41.4 Å². The number of aromatic nitrogens is 1. The molecule has 0 saturated carbocycles. The molecule has 0 aliphatic heterocycles. The summed E-state index contributed by atoms with van der Waals surface area (Å²) in [6.45, 7) is 0. The van der Waals surface area contributed by atoms with Gasteiger partial charge in [-0.3, -0.25) is 4.79 Å². The minimum absolute atomic E-state index is 0.136. The van der Waals surface area contributed by atoms with E-state index in [0.29, 0.717) is 9.88 Å². The zero-order valence-electron chi connectivity index (χ0n) is 9.81. The van der Waals surface area contributed by atoms with Crippen LogP contribution in [0.3, 0.4) is 0 Å². The van der Waals surface area contributed by atoms with Crippen LogP contribution in [-0.4, -0.2) is 24.5 Å². The average molecular weight is 297 g/mol. The predicted octanol–water partition coefficient (Wildman–Crippen LogP) is 1.74. The van der Waals surface area contributed by atoms with Crippen molar-refractivity contribution in [3.8, 4) is 0 Å². The zero-order chi connectivity index (χ0) is 13.9. The Morgan fingerprint density at radius 3 is 2.58 bits per heavy atom. The fourth-order valence-electron chi connectivity index (χ4n) is 1.52. The summed E-state index contributed by atoms with van der Waals surface area (Å²) in [5.74, 6) is -1.16. The number of benzene rings is 1. The summed E-state index contributed by atoms with van der Waals surface area (Å²) < 4.78 is 24.2. The van der Waals surface area contributed by atoms with E-state index in [-0.39, 0.29) is 17.1 Å². The van der Waals surface area contributed by atoms with Crippen LogP contribution in [0.25, 0.3) is 0 Å². The third-order valence-corrected chi connectivity index (χ3v) is 5.17. The van der Waals surface area contributed by atoms with Gasteiger partial charge in [0.05, 0.1) is 11.3 Å². The average Bonchev–Trinajstić information content (AvgIpc) is 2.76. The van der Waals surface area contributed by atoms with Crippen molar-refractivity contribution in [1.82, 2.24) is 4.98 Å². The van der Waals surface area contributed by atoms with Gasteiger partial charge in [0.1, 0.15) is 10.8 Å². The lowest BCUT2D eigenvalue weighted by molar-refractivity contribution is -0.136. The number of rotatable bonds is 5. The highest BCUT2D eigenvalue weighted by Crippen LogP contribution is 2.20. The van der Waals surface area contributed by atoms with Gasteiger partial charge in [0.25, 0.3) is 0 Å². The molecular formula is C12H11NO4S2. The Bertz CT molecular complexity index is 677. The summed E-state index contributed by atoms with van der Waals surface area (Å²) in [4.78, 5) is 15.3. The van der Waals surface area contributed by atoms with Crippen LogP contribution in [0, 0.1) is 0 Å². The van der Waals surface area contributed by atoms with Gasteiger partial charge in [0.2, 0.25) is 0 Å². The molecule has 0 spiro atoms. The Kier molecular flexibility index (Phi) is 3.96. The van der Waals surface area contributed by atoms with Gasteiger partial charge in [-0.2, -0.15) is 0 Å². The second kappa shape index (κ2) is 5.50. The summed E-state index contributed by atoms with van der Waals surface area (Å²) in [6.07, 6.45) is 1.28. The summed E-state index contributed by atoms with van der Waals surface area (Å²) in [6, 6.07) is 8.12. The van der Waals surface area contributed by atoms with Crippen molar-refractivity contribution in [2.45, 2.75) is 17.1 Å². The normalized spacial score (nSPS) is 11.4. The lowest BCUT2D eigenvalue weighted by atomic mass is 10.4. The molecule has 0 radical (unpaired) electrons. The van der Waals surface area contributed by atoms with E-state index in [2.05, 4.69) is 4.98 Å². The molecule has 5 nitrogen and oxygen atoms in total. The van der Waals surface area contributed by atoms with Gasteiger partial charge >= 0.3 is 5.97 Å². The number of sulfone groups is 1. The minimum Gasteiger partial charge on any atom is -0.481 e. The van der Waals surface area contributed by atoms with Crippen LogP contribution < -0.4 is 0 Å². The Morgan fingerprint density at radius 2 is 1.95 bits per heavy atom. The fraction of sp³-hybridized carbons (Fsp3) is 0.167. The molecule has 1 aromatic carbocycles. The molecule has 100 valence electrons. The Hall–Kier alpha value is -1.73. The van der Waals surface area contributed by atoms with Crippen molar-refractivity contribution in [2.75, 3.05) is 0 Å². The van der Waals surface area contributed by atoms with Gasteiger partial charge in [-0.05, 0) is 12.1 Å². The van der Waals surface area contributed by atoms with E-state index in [1.807, 2.05) is 0 Å². The van der Waals surface area contributed by atoms with Crippen LogP contribution >= 0.6 is 11.3 Å². The van der Waals surface area contributed by atoms with E-state index in [4.69, 9.17) is 5.11 Å². The Labute approximate surface area is 114 Å². The molecule has 2 aromatic rings. The molecule has 1 N–H and O–H groups in total. The van der Waals surface area contributed by atoms with Crippen molar-refractivity contribution in [2.24, 2.45) is 0 Å². The monoisotopic (exact) mass is 297 g/mol. The van der Waals surface area contributed by atoms with Crippen molar-refractivity contribution in [3.05, 3.63) is 46.4 Å². The number of hydrogen-bond acceptors (Lipinski definition) is 5. The summed E-state index contributed by atoms with van der Waals surface area (Å²) >= 11 is 1.11. The van der Waals surface area contributed by atoms with Crippen molar-refractivity contribution in [3.63, 3.8) is 0 Å². The molecule has 1 heterocycles. The molecule has 7 heteroatoms. The van der Waals surface area contributed by atoms with Gasteiger partial charge in [-0.15, -0.1) is 11.3 Å². The van der Waals surface area contributed by atoms with Crippen molar-refractivity contribution >= 4 is 27.1 Å². The fourth-order valence-corrected chi connectivity index (χ4v) is 4.07. The Balaban J connectivity index is 2.17. The van der Waals surface area contributed by atoms with Crippen molar-refractivity contribution in [1.29, 1.82) is 0 Å². The first-order chi connectivity index (χ1) is 8.97. The van der Waals surface area contributed by atoms with Crippen LogP contribution in [0.1, 0.15) is 9.88 Å². The van der Waals surface area contributed by atoms with E-state index in [9.17, 15) is 13.2 Å². The number of nitrogens with zero attached hydrogens (tertiary/aromatic N) is 1. The van der Waals surface area contributed by atoms with Gasteiger partial charge in [0.15, 0.2) is 9.84 Å². The lowest BCUT2D eigenvalue weighted by Gasteiger charge is -2.01. The molecule has 0 saturated heterocycles. The minimum atomic E-state index is -3.43. The van der Waals surface area contributed by atoms with Crippen LogP contribution in [0.2, 0.25) is 0 Å². The first kappa shape index (κ1) is 13.7. The third-order valence-electron chi connectivity index (χ3n) is 2.34. The lowest BCUT2D eigenvalue weighted by Crippen LogP contribution is -2.04. The standard InChI is InChI=1S/C12H11NO4S2/c14-12(15)6-9-7-13-11(18-9)8-19(16,17)10-4-2-1-3-5-10/h1-5,7H,6,8H2,(H,14,15). The molecule has 19 heavy (non-hydrogen) atoms. The Morgan fingerprint density at radius 1 is 1.26 bits per heavy atom. The summed E-state index contributed by atoms with van der Waals surface area (Å²) in [5, 5.41) is 9.05. The molecule has 0 atom stereocenters. The van der Waals surface area contributed by atoms with E-state index >= 15 is 0 Å². The van der Waals surface area contributed by atoms with Gasteiger partial charge in [0, 0.05) is 11.1 Å². The van der Waals surface area contributed by atoms with Crippen LogP contribution in [-0.2, 0) is 26.8 Å².